The van der Waals surface area contributed by atoms with E-state index in [1.807, 2.05) is 0 Å². The molecular formula is C17H16FNO3. The fourth-order valence-electron chi connectivity index (χ4n) is 1.87. The molecule has 0 radical (unpaired) electrons. The average molecular weight is 301 g/mol. The maximum Gasteiger partial charge on any atom is 0.310 e. The zero-order chi connectivity index (χ0) is 15.9. The van der Waals surface area contributed by atoms with Gasteiger partial charge in [-0.1, -0.05) is 24.3 Å². The van der Waals surface area contributed by atoms with Gasteiger partial charge >= 0.3 is 5.97 Å². The van der Waals surface area contributed by atoms with Crippen molar-refractivity contribution >= 4 is 17.6 Å². The number of anilines is 1. The SMILES string of the molecule is CC(=O)Nc1ccc(CC(=O)OCc2ccc(F)cc2)cc1. The van der Waals surface area contributed by atoms with Gasteiger partial charge in [0, 0.05) is 12.6 Å². The van der Waals surface area contributed by atoms with Gasteiger partial charge in [-0.15, -0.1) is 0 Å². The van der Waals surface area contributed by atoms with E-state index in [0.717, 1.165) is 11.1 Å². The van der Waals surface area contributed by atoms with Crippen molar-refractivity contribution in [3.05, 3.63) is 65.5 Å². The predicted molar refractivity (Wildman–Crippen MR) is 80.6 cm³/mol. The highest BCUT2D eigenvalue weighted by atomic mass is 19.1. The molecule has 1 N–H and O–H groups in total. The lowest BCUT2D eigenvalue weighted by molar-refractivity contribution is -0.144. The van der Waals surface area contributed by atoms with Gasteiger partial charge in [0.1, 0.15) is 12.4 Å². The van der Waals surface area contributed by atoms with Crippen molar-refractivity contribution in [3.8, 4) is 0 Å². The number of hydrogen-bond acceptors (Lipinski definition) is 3. The van der Waals surface area contributed by atoms with Crippen LogP contribution in [-0.4, -0.2) is 11.9 Å². The molecule has 0 saturated heterocycles. The Balaban J connectivity index is 1.83. The fraction of sp³-hybridized carbons (Fsp3) is 0.176. The highest BCUT2D eigenvalue weighted by Gasteiger charge is 2.06. The molecule has 22 heavy (non-hydrogen) atoms. The van der Waals surface area contributed by atoms with Crippen LogP contribution in [0.1, 0.15) is 18.1 Å². The second-order valence-electron chi connectivity index (χ2n) is 4.84. The lowest BCUT2D eigenvalue weighted by atomic mass is 10.1. The quantitative estimate of drug-likeness (QED) is 0.864. The van der Waals surface area contributed by atoms with Gasteiger partial charge in [-0.05, 0) is 35.4 Å². The molecule has 2 aromatic rings. The Labute approximate surface area is 127 Å². The Kier molecular flexibility index (Phi) is 5.25. The first-order valence-corrected chi connectivity index (χ1v) is 6.79. The molecule has 0 aliphatic carbocycles. The van der Waals surface area contributed by atoms with Crippen molar-refractivity contribution in [1.29, 1.82) is 0 Å². The first-order valence-electron chi connectivity index (χ1n) is 6.79. The average Bonchev–Trinajstić information content (AvgIpc) is 2.48. The summed E-state index contributed by atoms with van der Waals surface area (Å²) in [5.74, 6) is -0.836. The van der Waals surface area contributed by atoms with Gasteiger partial charge in [-0.3, -0.25) is 9.59 Å². The fourth-order valence-corrected chi connectivity index (χ4v) is 1.87. The molecular weight excluding hydrogens is 285 g/mol. The van der Waals surface area contributed by atoms with Gasteiger partial charge in [0.2, 0.25) is 5.91 Å². The topological polar surface area (TPSA) is 55.4 Å². The third-order valence-electron chi connectivity index (χ3n) is 2.94. The van der Waals surface area contributed by atoms with Crippen molar-refractivity contribution in [2.45, 2.75) is 20.0 Å². The van der Waals surface area contributed by atoms with Crippen LogP contribution >= 0.6 is 0 Å². The van der Waals surface area contributed by atoms with E-state index in [1.54, 1.807) is 36.4 Å². The molecule has 4 nitrogen and oxygen atoms in total. The molecule has 1 amide bonds. The normalized spacial score (nSPS) is 10.1. The van der Waals surface area contributed by atoms with Crippen molar-refractivity contribution in [3.63, 3.8) is 0 Å². The molecule has 0 bridgehead atoms. The minimum atomic E-state index is -0.364. The zero-order valence-corrected chi connectivity index (χ0v) is 12.1. The van der Waals surface area contributed by atoms with E-state index < -0.39 is 0 Å². The van der Waals surface area contributed by atoms with E-state index >= 15 is 0 Å². The summed E-state index contributed by atoms with van der Waals surface area (Å²) in [5, 5.41) is 2.65. The maximum absolute atomic E-state index is 12.8. The number of rotatable bonds is 5. The Bertz CT molecular complexity index is 651. The third kappa shape index (κ3) is 5.01. The van der Waals surface area contributed by atoms with Crippen LogP contribution in [0.3, 0.4) is 0 Å². The van der Waals surface area contributed by atoms with Gasteiger partial charge in [0.15, 0.2) is 0 Å². The van der Waals surface area contributed by atoms with Gasteiger partial charge < -0.3 is 10.1 Å². The van der Waals surface area contributed by atoms with E-state index in [9.17, 15) is 14.0 Å². The third-order valence-corrected chi connectivity index (χ3v) is 2.94. The minimum Gasteiger partial charge on any atom is -0.461 e. The molecule has 114 valence electrons. The lowest BCUT2D eigenvalue weighted by Gasteiger charge is -2.06. The van der Waals surface area contributed by atoms with Crippen LogP contribution in [0.2, 0.25) is 0 Å². The van der Waals surface area contributed by atoms with Crippen LogP contribution in [0.15, 0.2) is 48.5 Å². The largest absolute Gasteiger partial charge is 0.461 e. The van der Waals surface area contributed by atoms with E-state index in [4.69, 9.17) is 4.74 Å². The van der Waals surface area contributed by atoms with Gasteiger partial charge in [0.25, 0.3) is 0 Å². The number of benzene rings is 2. The van der Waals surface area contributed by atoms with Crippen LogP contribution in [0, 0.1) is 5.82 Å². The van der Waals surface area contributed by atoms with Crippen molar-refractivity contribution < 1.29 is 18.7 Å². The Morgan fingerprint density at radius 2 is 1.59 bits per heavy atom. The summed E-state index contributed by atoms with van der Waals surface area (Å²) in [6.45, 7) is 1.55. The molecule has 0 fully saturated rings. The van der Waals surface area contributed by atoms with Crippen molar-refractivity contribution in [2.75, 3.05) is 5.32 Å². The van der Waals surface area contributed by atoms with E-state index in [2.05, 4.69) is 5.32 Å². The summed E-state index contributed by atoms with van der Waals surface area (Å²) in [6, 6.07) is 12.8. The Hall–Kier alpha value is -2.69. The molecule has 2 rings (SSSR count). The molecule has 0 unspecified atom stereocenters. The monoisotopic (exact) mass is 301 g/mol. The van der Waals surface area contributed by atoms with Crippen molar-refractivity contribution in [1.82, 2.24) is 0 Å². The number of ether oxygens (including phenoxy) is 1. The van der Waals surface area contributed by atoms with Crippen LogP contribution in [0.5, 0.6) is 0 Å². The lowest BCUT2D eigenvalue weighted by Crippen LogP contribution is -2.09. The Morgan fingerprint density at radius 3 is 2.18 bits per heavy atom. The standard InChI is InChI=1S/C17H16FNO3/c1-12(20)19-16-8-4-13(5-9-16)10-17(21)22-11-14-2-6-15(18)7-3-14/h2-9H,10-11H2,1H3,(H,19,20). The number of nitrogens with one attached hydrogen (secondary N) is 1. The number of hydrogen-bond donors (Lipinski definition) is 1. The van der Waals surface area contributed by atoms with Crippen LogP contribution < -0.4 is 5.32 Å². The second-order valence-corrected chi connectivity index (χ2v) is 4.84. The highest BCUT2D eigenvalue weighted by molar-refractivity contribution is 5.88. The van der Waals surface area contributed by atoms with E-state index in [-0.39, 0.29) is 30.7 Å². The molecule has 2 aromatic carbocycles. The Morgan fingerprint density at radius 1 is 1.00 bits per heavy atom. The summed E-state index contributed by atoms with van der Waals surface area (Å²) in [4.78, 5) is 22.7. The molecule has 0 heterocycles. The van der Waals surface area contributed by atoms with E-state index in [1.165, 1.54) is 19.1 Å². The molecule has 0 aliphatic rings. The smallest absolute Gasteiger partial charge is 0.310 e. The number of amides is 1. The van der Waals surface area contributed by atoms with Crippen LogP contribution in [-0.2, 0) is 27.4 Å². The number of carbonyl (C=O) groups is 2. The first-order chi connectivity index (χ1) is 10.5. The van der Waals surface area contributed by atoms with Crippen LogP contribution in [0.4, 0.5) is 10.1 Å². The molecule has 0 aromatic heterocycles. The van der Waals surface area contributed by atoms with Gasteiger partial charge in [-0.25, -0.2) is 4.39 Å². The predicted octanol–water partition coefficient (Wildman–Crippen LogP) is 3.07. The number of carbonyl (C=O) groups excluding carboxylic acids is 2. The first kappa shape index (κ1) is 15.7. The van der Waals surface area contributed by atoms with E-state index in [0.29, 0.717) is 5.69 Å². The molecule has 0 atom stereocenters. The number of halogens is 1. The van der Waals surface area contributed by atoms with Crippen molar-refractivity contribution in [2.24, 2.45) is 0 Å². The molecule has 5 heteroatoms. The summed E-state index contributed by atoms with van der Waals surface area (Å²) in [5.41, 5.74) is 2.20. The van der Waals surface area contributed by atoms with Crippen LogP contribution in [0.25, 0.3) is 0 Å². The molecule has 0 saturated carbocycles. The zero-order valence-electron chi connectivity index (χ0n) is 12.1. The van der Waals surface area contributed by atoms with Gasteiger partial charge in [0.05, 0.1) is 6.42 Å². The summed E-state index contributed by atoms with van der Waals surface area (Å²) < 4.78 is 17.9. The highest BCUT2D eigenvalue weighted by Crippen LogP contribution is 2.11. The summed E-state index contributed by atoms with van der Waals surface area (Å²) in [6.07, 6.45) is 0.140. The van der Waals surface area contributed by atoms with Gasteiger partial charge in [-0.2, -0.15) is 0 Å². The number of esters is 1. The summed E-state index contributed by atoms with van der Waals surface area (Å²) in [7, 11) is 0. The maximum atomic E-state index is 12.8. The molecule has 0 spiro atoms. The minimum absolute atomic E-state index is 0.114. The summed E-state index contributed by atoms with van der Waals surface area (Å²) >= 11 is 0. The second kappa shape index (κ2) is 7.36. The molecule has 0 aliphatic heterocycles.